The number of benzene rings is 2. The van der Waals surface area contributed by atoms with E-state index in [1.807, 2.05) is 50.2 Å². The number of carbonyl (C=O) groups is 1. The number of para-hydroxylation sites is 1. The third kappa shape index (κ3) is 3.77. The number of aryl methyl sites for hydroxylation is 1. The first-order valence-corrected chi connectivity index (χ1v) is 10.6. The van der Waals surface area contributed by atoms with Crippen LogP contribution in [-0.4, -0.2) is 36.0 Å². The number of pyridine rings is 1. The van der Waals surface area contributed by atoms with Crippen LogP contribution in [0.3, 0.4) is 0 Å². The minimum atomic E-state index is -0.180. The molecule has 1 aliphatic heterocycles. The molecule has 156 valence electrons. The summed E-state index contributed by atoms with van der Waals surface area (Å²) in [5, 5.41) is 4.14. The van der Waals surface area contributed by atoms with Gasteiger partial charge in [0.25, 0.3) is 5.91 Å². The van der Waals surface area contributed by atoms with Gasteiger partial charge in [-0.3, -0.25) is 14.7 Å². The quantitative estimate of drug-likeness (QED) is 0.685. The minimum Gasteiger partial charge on any atom is -0.496 e. The van der Waals surface area contributed by atoms with Crippen LogP contribution in [0.1, 0.15) is 52.6 Å². The number of methoxy groups -OCH3 is 1. The van der Waals surface area contributed by atoms with E-state index < -0.39 is 0 Å². The second kappa shape index (κ2) is 8.44. The summed E-state index contributed by atoms with van der Waals surface area (Å²) in [5.74, 6) is 0.728. The first kappa shape index (κ1) is 20.4. The normalized spacial score (nSPS) is 14.9. The molecule has 0 fully saturated rings. The molecule has 1 atom stereocenters. The highest BCUT2D eigenvalue weighted by molar-refractivity contribution is 6.07. The van der Waals surface area contributed by atoms with Crippen LogP contribution in [-0.2, 0) is 13.0 Å². The standard InChI is InChI=1S/C25H29N3O2/c1-5-28-13-12-22-20(15-28)24(18-8-6-7-9-21(18)27-22)25(29)26-17(3)19-14-16(2)10-11-23(19)30-4/h6-11,14,17H,5,12-13,15H2,1-4H3,(H,26,29). The van der Waals surface area contributed by atoms with Crippen molar-refractivity contribution in [3.8, 4) is 5.75 Å². The molecule has 2 heterocycles. The summed E-state index contributed by atoms with van der Waals surface area (Å²) < 4.78 is 5.53. The number of nitrogens with zero attached hydrogens (tertiary/aromatic N) is 2. The number of likely N-dealkylation sites (N-methyl/N-ethyl adjacent to an activating group) is 1. The molecular formula is C25H29N3O2. The van der Waals surface area contributed by atoms with Gasteiger partial charge in [0.2, 0.25) is 0 Å². The van der Waals surface area contributed by atoms with Gasteiger partial charge in [-0.1, -0.05) is 42.8 Å². The summed E-state index contributed by atoms with van der Waals surface area (Å²) >= 11 is 0. The molecule has 1 N–H and O–H groups in total. The summed E-state index contributed by atoms with van der Waals surface area (Å²) in [7, 11) is 1.66. The summed E-state index contributed by atoms with van der Waals surface area (Å²) in [6.07, 6.45) is 0.871. The number of fused-ring (bicyclic) bond motifs is 2. The maximum atomic E-state index is 13.6. The lowest BCUT2D eigenvalue weighted by atomic mass is 9.94. The first-order valence-electron chi connectivity index (χ1n) is 10.6. The molecule has 1 amide bonds. The molecule has 0 saturated carbocycles. The van der Waals surface area contributed by atoms with E-state index in [4.69, 9.17) is 9.72 Å². The van der Waals surface area contributed by atoms with Gasteiger partial charge in [-0.25, -0.2) is 0 Å². The fourth-order valence-electron chi connectivity index (χ4n) is 4.31. The van der Waals surface area contributed by atoms with Crippen LogP contribution in [0, 0.1) is 6.92 Å². The Morgan fingerprint density at radius 3 is 2.83 bits per heavy atom. The molecule has 4 rings (SSSR count). The average molecular weight is 404 g/mol. The maximum absolute atomic E-state index is 13.6. The fourth-order valence-corrected chi connectivity index (χ4v) is 4.31. The predicted octanol–water partition coefficient (Wildman–Crippen LogP) is 4.42. The van der Waals surface area contributed by atoms with Crippen molar-refractivity contribution in [3.63, 3.8) is 0 Å². The Morgan fingerprint density at radius 1 is 1.27 bits per heavy atom. The fraction of sp³-hybridized carbons (Fsp3) is 0.360. The third-order valence-electron chi connectivity index (χ3n) is 6.00. The van der Waals surface area contributed by atoms with Gasteiger partial charge in [-0.2, -0.15) is 0 Å². The van der Waals surface area contributed by atoms with Gasteiger partial charge < -0.3 is 10.1 Å². The molecule has 1 unspecified atom stereocenters. The van der Waals surface area contributed by atoms with Crippen molar-refractivity contribution in [1.29, 1.82) is 0 Å². The van der Waals surface area contributed by atoms with Crippen molar-refractivity contribution < 1.29 is 9.53 Å². The molecule has 0 radical (unpaired) electrons. The van der Waals surface area contributed by atoms with E-state index in [2.05, 4.69) is 23.2 Å². The van der Waals surface area contributed by atoms with E-state index in [0.717, 1.165) is 70.7 Å². The number of rotatable bonds is 5. The largest absolute Gasteiger partial charge is 0.496 e. The van der Waals surface area contributed by atoms with E-state index in [0.29, 0.717) is 0 Å². The van der Waals surface area contributed by atoms with Gasteiger partial charge in [0, 0.05) is 41.7 Å². The number of hydrogen-bond donors (Lipinski definition) is 1. The lowest BCUT2D eigenvalue weighted by molar-refractivity contribution is 0.0938. The van der Waals surface area contributed by atoms with Crippen LogP contribution in [0.25, 0.3) is 10.9 Å². The van der Waals surface area contributed by atoms with Crippen LogP contribution in [0.2, 0.25) is 0 Å². The predicted molar refractivity (Wildman–Crippen MR) is 120 cm³/mol. The lowest BCUT2D eigenvalue weighted by Crippen LogP contribution is -2.34. The van der Waals surface area contributed by atoms with Crippen molar-refractivity contribution in [2.45, 2.75) is 39.8 Å². The maximum Gasteiger partial charge on any atom is 0.252 e. The van der Waals surface area contributed by atoms with Crippen LogP contribution < -0.4 is 10.1 Å². The third-order valence-corrected chi connectivity index (χ3v) is 6.00. The van der Waals surface area contributed by atoms with Gasteiger partial charge in [0.15, 0.2) is 0 Å². The van der Waals surface area contributed by atoms with E-state index in [-0.39, 0.29) is 11.9 Å². The number of amides is 1. The zero-order valence-electron chi connectivity index (χ0n) is 18.2. The van der Waals surface area contributed by atoms with Crippen molar-refractivity contribution in [2.24, 2.45) is 0 Å². The molecule has 0 spiro atoms. The van der Waals surface area contributed by atoms with Gasteiger partial charge in [0.05, 0.1) is 24.2 Å². The Morgan fingerprint density at radius 2 is 2.07 bits per heavy atom. The molecule has 1 aromatic heterocycles. The average Bonchev–Trinajstić information content (AvgIpc) is 2.76. The van der Waals surface area contributed by atoms with Gasteiger partial charge in [0.1, 0.15) is 5.75 Å². The Bertz CT molecular complexity index is 1090. The van der Waals surface area contributed by atoms with E-state index in [9.17, 15) is 4.79 Å². The molecule has 5 nitrogen and oxygen atoms in total. The Labute approximate surface area is 178 Å². The van der Waals surface area contributed by atoms with Gasteiger partial charge in [-0.05, 0) is 32.5 Å². The molecule has 0 bridgehead atoms. The Kier molecular flexibility index (Phi) is 5.73. The Hall–Kier alpha value is -2.92. The SMILES string of the molecule is CCN1CCc2nc3ccccc3c(C(=O)NC(C)c3cc(C)ccc3OC)c2C1. The summed E-state index contributed by atoms with van der Waals surface area (Å²) in [6.45, 7) is 8.91. The van der Waals surface area contributed by atoms with Crippen molar-refractivity contribution in [1.82, 2.24) is 15.2 Å². The highest BCUT2D eigenvalue weighted by Gasteiger charge is 2.26. The van der Waals surface area contributed by atoms with Crippen LogP contribution in [0.4, 0.5) is 0 Å². The number of nitrogens with one attached hydrogen (secondary N) is 1. The summed E-state index contributed by atoms with van der Waals surface area (Å²) in [5.41, 5.74) is 5.86. The molecule has 2 aromatic carbocycles. The van der Waals surface area contributed by atoms with E-state index >= 15 is 0 Å². The molecular weight excluding hydrogens is 374 g/mol. The van der Waals surface area contributed by atoms with Gasteiger partial charge >= 0.3 is 0 Å². The van der Waals surface area contributed by atoms with Crippen molar-refractivity contribution >= 4 is 16.8 Å². The number of carbonyl (C=O) groups excluding carboxylic acids is 1. The Balaban J connectivity index is 1.75. The second-order valence-corrected chi connectivity index (χ2v) is 7.99. The monoisotopic (exact) mass is 403 g/mol. The summed E-state index contributed by atoms with van der Waals surface area (Å²) in [4.78, 5) is 20.8. The van der Waals surface area contributed by atoms with Crippen LogP contribution in [0.15, 0.2) is 42.5 Å². The van der Waals surface area contributed by atoms with Crippen molar-refractivity contribution in [3.05, 3.63) is 70.4 Å². The van der Waals surface area contributed by atoms with Crippen LogP contribution in [0.5, 0.6) is 5.75 Å². The topological polar surface area (TPSA) is 54.5 Å². The number of hydrogen-bond acceptors (Lipinski definition) is 4. The molecule has 0 aliphatic carbocycles. The molecule has 0 saturated heterocycles. The molecule has 30 heavy (non-hydrogen) atoms. The molecule has 3 aromatic rings. The second-order valence-electron chi connectivity index (χ2n) is 7.99. The van der Waals surface area contributed by atoms with E-state index in [1.165, 1.54) is 0 Å². The smallest absolute Gasteiger partial charge is 0.252 e. The van der Waals surface area contributed by atoms with Crippen molar-refractivity contribution in [2.75, 3.05) is 20.2 Å². The highest BCUT2D eigenvalue weighted by atomic mass is 16.5. The van der Waals surface area contributed by atoms with Gasteiger partial charge in [-0.15, -0.1) is 0 Å². The van der Waals surface area contributed by atoms with E-state index in [1.54, 1.807) is 7.11 Å². The zero-order chi connectivity index (χ0) is 21.3. The highest BCUT2D eigenvalue weighted by Crippen LogP contribution is 2.30. The minimum absolute atomic E-state index is 0.0566. The molecule has 1 aliphatic rings. The van der Waals surface area contributed by atoms with Crippen LogP contribution >= 0.6 is 0 Å². The first-order chi connectivity index (χ1) is 14.5. The number of ether oxygens (including phenoxy) is 1. The zero-order valence-corrected chi connectivity index (χ0v) is 18.2. The summed E-state index contributed by atoms with van der Waals surface area (Å²) in [6, 6.07) is 13.8. The molecule has 5 heteroatoms. The number of aromatic nitrogens is 1. The lowest BCUT2D eigenvalue weighted by Gasteiger charge is -2.29.